The van der Waals surface area contributed by atoms with E-state index in [1.807, 2.05) is 4.90 Å². The first-order valence-corrected chi connectivity index (χ1v) is 9.27. The van der Waals surface area contributed by atoms with Gasteiger partial charge in [0.05, 0.1) is 5.75 Å². The molecule has 0 aliphatic heterocycles. The molecule has 3 N–H and O–H groups in total. The van der Waals surface area contributed by atoms with Crippen LogP contribution in [0, 0.1) is 0 Å². The molecule has 0 radical (unpaired) electrons. The normalized spacial score (nSPS) is 10.6. The topological polar surface area (TPSA) is 132 Å². The van der Waals surface area contributed by atoms with Crippen molar-refractivity contribution in [2.45, 2.75) is 27.2 Å². The molecular formula is C8H21NO7S4. The monoisotopic (exact) mass is 371 g/mol. The lowest BCUT2D eigenvalue weighted by Crippen LogP contribution is -2.24. The Labute approximate surface area is 131 Å². The van der Waals surface area contributed by atoms with Crippen LogP contribution in [0.15, 0.2) is 0 Å². The first-order chi connectivity index (χ1) is 8.78. The third-order valence-electron chi connectivity index (χ3n) is 1.50. The SMILES string of the molecule is CCCS(=O)(=O)O.CCN(CC)C(=S)S.O=S(=O)(O)O. The molecule has 0 aliphatic rings. The molecule has 0 unspecified atom stereocenters. The third-order valence-corrected chi connectivity index (χ3v) is 2.96. The molecule has 0 aromatic heterocycles. The van der Waals surface area contributed by atoms with Crippen LogP contribution in [0.3, 0.4) is 0 Å². The zero-order chi connectivity index (χ0) is 17.0. The third kappa shape index (κ3) is 36.1. The average Bonchev–Trinajstić information content (AvgIpc) is 2.15. The number of thiol groups is 1. The van der Waals surface area contributed by atoms with Crippen molar-refractivity contribution in [1.29, 1.82) is 0 Å². The summed E-state index contributed by atoms with van der Waals surface area (Å²) in [5.41, 5.74) is 0. The van der Waals surface area contributed by atoms with Crippen LogP contribution < -0.4 is 0 Å². The molecule has 12 heteroatoms. The van der Waals surface area contributed by atoms with Crippen molar-refractivity contribution < 1.29 is 30.5 Å². The predicted molar refractivity (Wildman–Crippen MR) is 85.4 cm³/mol. The number of nitrogens with zero attached hydrogens (tertiary/aromatic N) is 1. The van der Waals surface area contributed by atoms with Crippen LogP contribution in [0.2, 0.25) is 0 Å². The summed E-state index contributed by atoms with van der Waals surface area (Å²) in [6, 6.07) is 0. The Morgan fingerprint density at radius 2 is 1.35 bits per heavy atom. The highest BCUT2D eigenvalue weighted by molar-refractivity contribution is 8.10. The van der Waals surface area contributed by atoms with Crippen LogP contribution in [0.5, 0.6) is 0 Å². The molecule has 0 amide bonds. The van der Waals surface area contributed by atoms with Crippen LogP contribution >= 0.6 is 24.8 Å². The van der Waals surface area contributed by atoms with E-state index in [9.17, 15) is 8.42 Å². The van der Waals surface area contributed by atoms with Crippen molar-refractivity contribution in [3.8, 4) is 0 Å². The van der Waals surface area contributed by atoms with Gasteiger partial charge in [-0.3, -0.25) is 13.7 Å². The quantitative estimate of drug-likeness (QED) is 0.326. The molecular weight excluding hydrogens is 350 g/mol. The Morgan fingerprint density at radius 3 is 1.35 bits per heavy atom. The van der Waals surface area contributed by atoms with Gasteiger partial charge in [-0.2, -0.15) is 16.8 Å². The molecule has 20 heavy (non-hydrogen) atoms. The van der Waals surface area contributed by atoms with Crippen molar-refractivity contribution in [3.05, 3.63) is 0 Å². The average molecular weight is 372 g/mol. The molecule has 0 aromatic carbocycles. The van der Waals surface area contributed by atoms with Gasteiger partial charge in [-0.25, -0.2) is 0 Å². The molecule has 0 fully saturated rings. The predicted octanol–water partition coefficient (Wildman–Crippen LogP) is 1.17. The van der Waals surface area contributed by atoms with Crippen LogP contribution in [0.25, 0.3) is 0 Å². The molecule has 124 valence electrons. The van der Waals surface area contributed by atoms with Crippen LogP contribution in [-0.4, -0.2) is 58.6 Å². The van der Waals surface area contributed by atoms with E-state index in [2.05, 4.69) is 26.5 Å². The van der Waals surface area contributed by atoms with Gasteiger partial charge in [-0.15, -0.1) is 12.6 Å². The molecule has 0 aliphatic carbocycles. The summed E-state index contributed by atoms with van der Waals surface area (Å²) in [5.74, 6) is -0.132. The second-order valence-corrected chi connectivity index (χ2v) is 6.77. The summed E-state index contributed by atoms with van der Waals surface area (Å²) in [6.45, 7) is 7.73. The number of hydrogen-bond acceptors (Lipinski definition) is 5. The zero-order valence-corrected chi connectivity index (χ0v) is 14.8. The smallest absolute Gasteiger partial charge is 0.358 e. The van der Waals surface area contributed by atoms with Crippen molar-refractivity contribution in [1.82, 2.24) is 4.90 Å². The molecule has 0 spiro atoms. The summed E-state index contributed by atoms with van der Waals surface area (Å²) < 4.78 is 59.8. The van der Waals surface area contributed by atoms with Gasteiger partial charge >= 0.3 is 10.4 Å². The van der Waals surface area contributed by atoms with E-state index in [1.165, 1.54) is 0 Å². The van der Waals surface area contributed by atoms with Gasteiger partial charge in [0, 0.05) is 13.1 Å². The fraction of sp³-hybridized carbons (Fsp3) is 0.875. The minimum atomic E-state index is -4.67. The Bertz CT molecular complexity index is 433. The van der Waals surface area contributed by atoms with Gasteiger partial charge in [-0.1, -0.05) is 19.1 Å². The van der Waals surface area contributed by atoms with E-state index in [0.717, 1.165) is 13.1 Å². The minimum absolute atomic E-state index is 0.132. The highest BCUT2D eigenvalue weighted by Crippen LogP contribution is 1.93. The molecule has 0 aromatic rings. The van der Waals surface area contributed by atoms with Gasteiger partial charge in [0.1, 0.15) is 4.32 Å². The maximum Gasteiger partial charge on any atom is 0.394 e. The van der Waals surface area contributed by atoms with Crippen molar-refractivity contribution in [2.24, 2.45) is 0 Å². The molecule has 0 saturated carbocycles. The lowest BCUT2D eigenvalue weighted by Gasteiger charge is -2.16. The summed E-state index contributed by atoms with van der Waals surface area (Å²) in [5, 5.41) is 0. The van der Waals surface area contributed by atoms with E-state index in [-0.39, 0.29) is 5.75 Å². The summed E-state index contributed by atoms with van der Waals surface area (Å²) in [6.07, 6.45) is 0.471. The largest absolute Gasteiger partial charge is 0.394 e. The van der Waals surface area contributed by atoms with Gasteiger partial charge in [-0.05, 0) is 20.3 Å². The maximum absolute atomic E-state index is 9.79. The van der Waals surface area contributed by atoms with Gasteiger partial charge in [0.2, 0.25) is 0 Å². The minimum Gasteiger partial charge on any atom is -0.358 e. The molecule has 0 saturated heterocycles. The van der Waals surface area contributed by atoms with Crippen molar-refractivity contribution >= 4 is 49.7 Å². The van der Waals surface area contributed by atoms with Gasteiger partial charge in [0.15, 0.2) is 0 Å². The zero-order valence-electron chi connectivity index (χ0n) is 11.4. The van der Waals surface area contributed by atoms with Crippen molar-refractivity contribution in [3.63, 3.8) is 0 Å². The highest BCUT2D eigenvalue weighted by Gasteiger charge is 1.98. The van der Waals surface area contributed by atoms with Crippen LogP contribution in [-0.2, 0) is 20.5 Å². The van der Waals surface area contributed by atoms with E-state index in [1.54, 1.807) is 6.92 Å². The van der Waals surface area contributed by atoms with Crippen LogP contribution in [0.4, 0.5) is 0 Å². The van der Waals surface area contributed by atoms with Crippen molar-refractivity contribution in [2.75, 3.05) is 18.8 Å². The van der Waals surface area contributed by atoms with Gasteiger partial charge < -0.3 is 4.90 Å². The first kappa shape index (κ1) is 25.0. The standard InChI is InChI=1S/C5H11NS2.C3H8O3S.H2O4S/c1-3-6(4-2)5(7)8;1-2-3-7(4,5)6;1-5(2,3)4/h3-4H2,1-2H3,(H,7,8);2-3H2,1H3,(H,4,5,6);(H2,1,2,3,4). The lowest BCUT2D eigenvalue weighted by molar-refractivity contribution is 0.381. The second-order valence-electron chi connectivity index (χ2n) is 3.19. The molecule has 0 heterocycles. The van der Waals surface area contributed by atoms with Gasteiger partial charge in [0.25, 0.3) is 10.1 Å². The molecule has 0 rings (SSSR count). The lowest BCUT2D eigenvalue weighted by atomic mass is 10.6. The fourth-order valence-corrected chi connectivity index (χ4v) is 1.81. The molecule has 8 nitrogen and oxygen atoms in total. The Morgan fingerprint density at radius 1 is 1.05 bits per heavy atom. The Kier molecular flexibility index (Phi) is 15.9. The fourth-order valence-electron chi connectivity index (χ4n) is 0.752. The van der Waals surface area contributed by atoms with E-state index < -0.39 is 20.5 Å². The summed E-state index contributed by atoms with van der Waals surface area (Å²) >= 11 is 8.82. The van der Waals surface area contributed by atoms with E-state index >= 15 is 0 Å². The second kappa shape index (κ2) is 12.7. The molecule has 0 atom stereocenters. The summed E-state index contributed by atoms with van der Waals surface area (Å²) in [7, 11) is -8.34. The number of thiocarbonyl (C=S) groups is 1. The van der Waals surface area contributed by atoms with Crippen LogP contribution in [0.1, 0.15) is 27.2 Å². The first-order valence-electron chi connectivity index (χ1n) is 5.41. The summed E-state index contributed by atoms with van der Waals surface area (Å²) in [4.78, 5) is 2.01. The Hall–Kier alpha value is 0.0200. The highest BCUT2D eigenvalue weighted by atomic mass is 32.3. The number of hydrogen-bond donors (Lipinski definition) is 4. The maximum atomic E-state index is 9.79. The number of rotatable bonds is 4. The van der Waals surface area contributed by atoms with E-state index in [4.69, 9.17) is 34.3 Å². The van der Waals surface area contributed by atoms with E-state index in [0.29, 0.717) is 10.7 Å². The Balaban J connectivity index is -0.000000223. The molecule has 0 bridgehead atoms.